The highest BCUT2D eigenvalue weighted by atomic mass is 35.5. The number of phenols is 1. The van der Waals surface area contributed by atoms with Crippen molar-refractivity contribution in [2.24, 2.45) is 0 Å². The number of rotatable bonds is 4. The smallest absolute Gasteiger partial charge is 0.171 e. The largest absolute Gasteiger partial charge is 0.505 e. The van der Waals surface area contributed by atoms with Gasteiger partial charge in [0.15, 0.2) is 10.9 Å². The van der Waals surface area contributed by atoms with Crippen LogP contribution in [0.15, 0.2) is 35.4 Å². The van der Waals surface area contributed by atoms with Crippen molar-refractivity contribution in [2.45, 2.75) is 20.8 Å². The summed E-state index contributed by atoms with van der Waals surface area (Å²) in [5.74, 6) is -0.136. The van der Waals surface area contributed by atoms with Crippen molar-refractivity contribution in [3.8, 4) is 5.75 Å². The minimum Gasteiger partial charge on any atom is -0.505 e. The van der Waals surface area contributed by atoms with Crippen LogP contribution in [0.3, 0.4) is 0 Å². The number of hydrogen-bond acceptors (Lipinski definition) is 2. The van der Waals surface area contributed by atoms with E-state index in [-0.39, 0.29) is 15.8 Å². The van der Waals surface area contributed by atoms with Gasteiger partial charge in [0.25, 0.3) is 0 Å². The Morgan fingerprint density at radius 1 is 1.24 bits per heavy atom. The van der Waals surface area contributed by atoms with Crippen molar-refractivity contribution in [3.05, 3.63) is 45.5 Å². The molecule has 0 aliphatic rings. The summed E-state index contributed by atoms with van der Waals surface area (Å²) in [4.78, 5) is 0. The van der Waals surface area contributed by atoms with Gasteiger partial charge in [0.1, 0.15) is 0 Å². The molecule has 0 heterocycles. The maximum Gasteiger partial charge on any atom is 0.171 e. The van der Waals surface area contributed by atoms with Crippen LogP contribution in [0.5, 0.6) is 5.75 Å². The first-order chi connectivity index (χ1) is 9.88. The number of benzene rings is 1. The fraction of sp³-hybridized carbons (Fsp3) is 0.267. The zero-order chi connectivity index (χ0) is 16.0. The van der Waals surface area contributed by atoms with Gasteiger partial charge in [-0.15, -0.1) is 0 Å². The van der Waals surface area contributed by atoms with E-state index in [1.54, 1.807) is 12.1 Å². The highest BCUT2D eigenvalue weighted by Crippen LogP contribution is 2.34. The van der Waals surface area contributed by atoms with Crippen molar-refractivity contribution in [2.75, 3.05) is 11.9 Å². The van der Waals surface area contributed by atoms with Gasteiger partial charge in [0, 0.05) is 12.2 Å². The number of allylic oxidation sites excluding steroid dienone is 2. The molecule has 1 aromatic rings. The van der Waals surface area contributed by atoms with E-state index >= 15 is 0 Å². The third kappa shape index (κ3) is 5.23. The minimum absolute atomic E-state index is 0.136. The van der Waals surface area contributed by atoms with Gasteiger partial charge in [0.05, 0.1) is 10.0 Å². The molecule has 3 N–H and O–H groups in total. The summed E-state index contributed by atoms with van der Waals surface area (Å²) in [5, 5.41) is 16.4. The molecule has 0 bridgehead atoms. The molecule has 1 aromatic carbocycles. The van der Waals surface area contributed by atoms with Gasteiger partial charge in [-0.3, -0.25) is 0 Å². The Labute approximate surface area is 140 Å². The Morgan fingerprint density at radius 3 is 2.29 bits per heavy atom. The molecule has 0 unspecified atom stereocenters. The highest BCUT2D eigenvalue weighted by molar-refractivity contribution is 7.80. The minimum atomic E-state index is -0.136. The normalized spacial score (nSPS) is 12.2. The molecule has 0 saturated heterocycles. The molecule has 0 atom stereocenters. The molecular weight excluding hydrogens is 327 g/mol. The fourth-order valence-electron chi connectivity index (χ4n) is 1.64. The maximum absolute atomic E-state index is 9.51. The number of thiocarbonyl (C=S) groups is 1. The second kappa shape index (κ2) is 8.27. The molecule has 0 spiro atoms. The van der Waals surface area contributed by atoms with E-state index < -0.39 is 0 Å². The Balaban J connectivity index is 2.67. The molecule has 0 aliphatic heterocycles. The number of phenolic OH excluding ortho intramolecular Hbond substituents is 1. The van der Waals surface area contributed by atoms with Crippen LogP contribution in [0.2, 0.25) is 10.0 Å². The van der Waals surface area contributed by atoms with Crippen molar-refractivity contribution in [1.82, 2.24) is 5.32 Å². The molecular formula is C15H18Cl2N2OS. The van der Waals surface area contributed by atoms with Crippen LogP contribution in [0.4, 0.5) is 5.69 Å². The van der Waals surface area contributed by atoms with E-state index in [2.05, 4.69) is 10.6 Å². The predicted molar refractivity (Wildman–Crippen MR) is 95.5 cm³/mol. The van der Waals surface area contributed by atoms with Gasteiger partial charge in [-0.05, 0) is 50.7 Å². The van der Waals surface area contributed by atoms with E-state index in [0.717, 1.165) is 0 Å². The summed E-state index contributed by atoms with van der Waals surface area (Å²) < 4.78 is 0. The molecule has 0 aromatic heterocycles. The second-order valence-electron chi connectivity index (χ2n) is 4.38. The van der Waals surface area contributed by atoms with Crippen LogP contribution in [0.1, 0.15) is 20.8 Å². The number of aromatic hydroxyl groups is 1. The van der Waals surface area contributed by atoms with Crippen molar-refractivity contribution in [1.29, 1.82) is 0 Å². The molecule has 0 aliphatic carbocycles. The lowest BCUT2D eigenvalue weighted by Crippen LogP contribution is -2.30. The molecule has 0 saturated carbocycles. The van der Waals surface area contributed by atoms with Crippen LogP contribution in [-0.2, 0) is 0 Å². The van der Waals surface area contributed by atoms with Crippen LogP contribution in [0, 0.1) is 0 Å². The SMILES string of the molecule is C/C=C(C)\C(=C/C)CNC(=S)Nc1cc(Cl)c(O)c(Cl)c1. The van der Waals surface area contributed by atoms with E-state index in [4.69, 9.17) is 35.4 Å². The quantitative estimate of drug-likeness (QED) is 0.413. The van der Waals surface area contributed by atoms with Crippen molar-refractivity contribution >= 4 is 46.2 Å². The average molecular weight is 345 g/mol. The van der Waals surface area contributed by atoms with Crippen molar-refractivity contribution < 1.29 is 5.11 Å². The molecule has 0 fully saturated rings. The van der Waals surface area contributed by atoms with Gasteiger partial charge in [-0.2, -0.15) is 0 Å². The van der Waals surface area contributed by atoms with Gasteiger partial charge in [0.2, 0.25) is 0 Å². The summed E-state index contributed by atoms with van der Waals surface area (Å²) in [5.41, 5.74) is 2.98. The molecule has 3 nitrogen and oxygen atoms in total. The lowest BCUT2D eigenvalue weighted by Gasteiger charge is -2.14. The zero-order valence-electron chi connectivity index (χ0n) is 12.1. The molecule has 1 rings (SSSR count). The molecule has 0 amide bonds. The second-order valence-corrected chi connectivity index (χ2v) is 5.60. The summed E-state index contributed by atoms with van der Waals surface area (Å²) in [7, 11) is 0. The Kier molecular flexibility index (Phi) is 7.02. The van der Waals surface area contributed by atoms with Crippen LogP contribution >= 0.6 is 35.4 Å². The summed E-state index contributed by atoms with van der Waals surface area (Å²) in [6, 6.07) is 3.12. The number of anilines is 1. The highest BCUT2D eigenvalue weighted by Gasteiger charge is 2.08. The third-order valence-corrected chi connectivity index (χ3v) is 3.82. The molecule has 6 heteroatoms. The van der Waals surface area contributed by atoms with E-state index in [1.165, 1.54) is 11.1 Å². The topological polar surface area (TPSA) is 44.3 Å². The summed E-state index contributed by atoms with van der Waals surface area (Å²) in [6.07, 6.45) is 4.09. The van der Waals surface area contributed by atoms with Gasteiger partial charge < -0.3 is 15.7 Å². The maximum atomic E-state index is 9.51. The molecule has 114 valence electrons. The van der Waals surface area contributed by atoms with E-state index in [9.17, 15) is 5.11 Å². The third-order valence-electron chi connectivity index (χ3n) is 3.00. The summed E-state index contributed by atoms with van der Waals surface area (Å²) in [6.45, 7) is 6.65. The Hall–Kier alpha value is -1.23. The Bertz CT molecular complexity index is 574. The first-order valence-corrected chi connectivity index (χ1v) is 7.56. The standard InChI is InChI=1S/C15H18Cl2N2OS/c1-4-9(3)10(5-2)8-18-15(21)19-11-6-12(16)14(20)13(17)7-11/h4-7,20H,8H2,1-3H3,(H2,18,19,21)/b9-4-,10-5-. The molecule has 21 heavy (non-hydrogen) atoms. The monoisotopic (exact) mass is 344 g/mol. The summed E-state index contributed by atoms with van der Waals surface area (Å²) >= 11 is 16.9. The first-order valence-electron chi connectivity index (χ1n) is 6.40. The van der Waals surface area contributed by atoms with Crippen LogP contribution in [0.25, 0.3) is 0 Å². The van der Waals surface area contributed by atoms with Gasteiger partial charge in [-0.25, -0.2) is 0 Å². The van der Waals surface area contributed by atoms with Crippen LogP contribution < -0.4 is 10.6 Å². The fourth-order valence-corrected chi connectivity index (χ4v) is 2.32. The average Bonchev–Trinajstić information content (AvgIpc) is 2.44. The lowest BCUT2D eigenvalue weighted by atomic mass is 10.1. The number of nitrogens with one attached hydrogen (secondary N) is 2. The predicted octanol–water partition coefficient (Wildman–Crippen LogP) is 4.90. The van der Waals surface area contributed by atoms with Gasteiger partial charge in [-0.1, -0.05) is 40.9 Å². The van der Waals surface area contributed by atoms with E-state index in [1.807, 2.05) is 32.9 Å². The zero-order valence-corrected chi connectivity index (χ0v) is 14.5. The Morgan fingerprint density at radius 2 is 1.81 bits per heavy atom. The van der Waals surface area contributed by atoms with Gasteiger partial charge >= 0.3 is 0 Å². The van der Waals surface area contributed by atoms with Crippen molar-refractivity contribution in [3.63, 3.8) is 0 Å². The van der Waals surface area contributed by atoms with Crippen LogP contribution in [-0.4, -0.2) is 16.8 Å². The van der Waals surface area contributed by atoms with E-state index in [0.29, 0.717) is 17.3 Å². The number of halogens is 2. The first kappa shape index (κ1) is 17.8. The lowest BCUT2D eigenvalue weighted by molar-refractivity contribution is 0.476. The molecule has 0 radical (unpaired) electrons. The number of hydrogen-bond donors (Lipinski definition) is 3.